The molecule has 120 valence electrons. The fraction of sp³-hybridized carbons (Fsp3) is 0.438. The molecule has 0 fully saturated rings. The van der Waals surface area contributed by atoms with Crippen molar-refractivity contribution in [3.05, 3.63) is 41.4 Å². The predicted octanol–water partition coefficient (Wildman–Crippen LogP) is 4.65. The lowest BCUT2D eigenvalue weighted by Gasteiger charge is -2.10. The number of hydrogen-bond donors (Lipinski definition) is 2. The van der Waals surface area contributed by atoms with E-state index in [0.29, 0.717) is 15.7 Å². The maximum absolute atomic E-state index is 13.3. The first-order chi connectivity index (χ1) is 10.3. The van der Waals surface area contributed by atoms with Gasteiger partial charge in [-0.2, -0.15) is 0 Å². The van der Waals surface area contributed by atoms with Crippen LogP contribution in [0.5, 0.6) is 0 Å². The Morgan fingerprint density at radius 3 is 2.18 bits per heavy atom. The zero-order valence-corrected chi connectivity index (χ0v) is 13.8. The van der Waals surface area contributed by atoms with Gasteiger partial charge in [0, 0.05) is 11.0 Å². The number of H-pyrrole nitrogens is 1. The molecule has 0 amide bonds. The molecule has 0 radical (unpaired) electrons. The number of rotatable bonds is 5. The van der Waals surface area contributed by atoms with Crippen molar-refractivity contribution in [1.29, 1.82) is 0 Å². The maximum Gasteiger partial charge on any atom is 0.136 e. The number of aliphatic hydroxyl groups excluding tert-OH is 1. The number of nitrogens with zero attached hydrogens (tertiary/aromatic N) is 1. The normalized spacial score (nSPS) is 13.1. The van der Waals surface area contributed by atoms with E-state index in [1.54, 1.807) is 0 Å². The van der Waals surface area contributed by atoms with Crippen LogP contribution in [-0.4, -0.2) is 15.1 Å². The summed E-state index contributed by atoms with van der Waals surface area (Å²) in [6.45, 7) is 7.79. The van der Waals surface area contributed by atoms with Gasteiger partial charge in [0.15, 0.2) is 0 Å². The van der Waals surface area contributed by atoms with Crippen LogP contribution in [0.25, 0.3) is 0 Å². The molecule has 22 heavy (non-hydrogen) atoms. The van der Waals surface area contributed by atoms with Crippen LogP contribution in [-0.2, 0) is 0 Å². The largest absolute Gasteiger partial charge is 0.385 e. The van der Waals surface area contributed by atoms with Gasteiger partial charge in [-0.3, -0.25) is 0 Å². The second kappa shape index (κ2) is 6.79. The lowest BCUT2D eigenvalue weighted by atomic mass is 10.1. The highest BCUT2D eigenvalue weighted by Crippen LogP contribution is 2.34. The van der Waals surface area contributed by atoms with Crippen LogP contribution in [0.4, 0.5) is 8.78 Å². The molecule has 6 heteroatoms. The number of nitrogens with one attached hydrogen (secondary N) is 1. The van der Waals surface area contributed by atoms with Gasteiger partial charge in [-0.25, -0.2) is 13.8 Å². The number of aliphatic hydroxyl groups is 1. The standard InChI is InChI=1S/C16H20F2N2OS/c1-8(2)13-16(20-15(19-13)14(21)9(3)4)22-12-6-10(17)5-11(18)7-12/h5-9,14,21H,1-4H3,(H,19,20). The van der Waals surface area contributed by atoms with Crippen LogP contribution >= 0.6 is 11.8 Å². The van der Waals surface area contributed by atoms with Crippen molar-refractivity contribution in [3.8, 4) is 0 Å². The van der Waals surface area contributed by atoms with E-state index in [4.69, 9.17) is 0 Å². The van der Waals surface area contributed by atoms with Gasteiger partial charge in [-0.05, 0) is 24.0 Å². The van der Waals surface area contributed by atoms with Crippen LogP contribution in [0.2, 0.25) is 0 Å². The predicted molar refractivity (Wildman–Crippen MR) is 83.0 cm³/mol. The molecule has 2 N–H and O–H groups in total. The summed E-state index contributed by atoms with van der Waals surface area (Å²) in [7, 11) is 0. The molecule has 1 unspecified atom stereocenters. The van der Waals surface area contributed by atoms with Gasteiger partial charge in [-0.1, -0.05) is 39.5 Å². The van der Waals surface area contributed by atoms with Crippen LogP contribution in [0.3, 0.4) is 0 Å². The first-order valence-electron chi connectivity index (χ1n) is 7.19. The molecule has 0 spiro atoms. The Labute approximate surface area is 133 Å². The minimum Gasteiger partial charge on any atom is -0.385 e. The second-order valence-corrected chi connectivity index (χ2v) is 6.95. The first-order valence-corrected chi connectivity index (χ1v) is 8.01. The number of aromatic nitrogens is 2. The zero-order chi connectivity index (χ0) is 16.4. The van der Waals surface area contributed by atoms with Crippen LogP contribution in [0.15, 0.2) is 28.1 Å². The minimum atomic E-state index is -0.698. The molecule has 0 saturated heterocycles. The van der Waals surface area contributed by atoms with Crippen LogP contribution in [0, 0.1) is 17.6 Å². The van der Waals surface area contributed by atoms with Crippen molar-refractivity contribution in [2.75, 3.05) is 0 Å². The average Bonchev–Trinajstić information content (AvgIpc) is 2.80. The van der Waals surface area contributed by atoms with Crippen molar-refractivity contribution in [1.82, 2.24) is 9.97 Å². The van der Waals surface area contributed by atoms with Crippen molar-refractivity contribution in [2.45, 2.75) is 49.6 Å². The molecule has 0 bridgehead atoms. The Morgan fingerprint density at radius 2 is 1.68 bits per heavy atom. The summed E-state index contributed by atoms with van der Waals surface area (Å²) in [6.07, 6.45) is -0.698. The third-order valence-corrected chi connectivity index (χ3v) is 4.23. The molecule has 1 aromatic heterocycles. The number of imidazole rings is 1. The molecule has 1 atom stereocenters. The SMILES string of the molecule is CC(C)c1[nH]c(C(O)C(C)C)nc1Sc1cc(F)cc(F)c1. The summed E-state index contributed by atoms with van der Waals surface area (Å²) in [5, 5.41) is 10.8. The molecular weight excluding hydrogens is 306 g/mol. The first kappa shape index (κ1) is 17.0. The van der Waals surface area contributed by atoms with Gasteiger partial charge >= 0.3 is 0 Å². The number of benzene rings is 1. The summed E-state index contributed by atoms with van der Waals surface area (Å²) in [5.41, 5.74) is 0.851. The fourth-order valence-electron chi connectivity index (χ4n) is 2.01. The third-order valence-electron chi connectivity index (χ3n) is 3.25. The van der Waals surface area contributed by atoms with Crippen molar-refractivity contribution < 1.29 is 13.9 Å². The van der Waals surface area contributed by atoms with E-state index >= 15 is 0 Å². The third kappa shape index (κ3) is 3.87. The molecule has 2 rings (SSSR count). The van der Waals surface area contributed by atoms with Gasteiger partial charge in [0.2, 0.25) is 0 Å². The second-order valence-electron chi connectivity index (χ2n) is 5.89. The molecule has 3 nitrogen and oxygen atoms in total. The monoisotopic (exact) mass is 326 g/mol. The number of halogens is 2. The molecular formula is C16H20F2N2OS. The molecule has 0 aliphatic heterocycles. The van der Waals surface area contributed by atoms with E-state index in [9.17, 15) is 13.9 Å². The van der Waals surface area contributed by atoms with Gasteiger partial charge in [0.25, 0.3) is 0 Å². The lowest BCUT2D eigenvalue weighted by Crippen LogP contribution is -2.07. The van der Waals surface area contributed by atoms with E-state index < -0.39 is 17.7 Å². The number of hydrogen-bond acceptors (Lipinski definition) is 3. The van der Waals surface area contributed by atoms with E-state index in [1.165, 1.54) is 23.9 Å². The molecule has 2 aromatic rings. The average molecular weight is 326 g/mol. The number of aromatic amines is 1. The van der Waals surface area contributed by atoms with Gasteiger partial charge in [0.05, 0.1) is 5.69 Å². The smallest absolute Gasteiger partial charge is 0.136 e. The van der Waals surface area contributed by atoms with E-state index in [1.807, 2.05) is 27.7 Å². The van der Waals surface area contributed by atoms with Crippen LogP contribution in [0.1, 0.15) is 51.2 Å². The summed E-state index contributed by atoms with van der Waals surface area (Å²) >= 11 is 1.19. The highest BCUT2D eigenvalue weighted by Gasteiger charge is 2.21. The summed E-state index contributed by atoms with van der Waals surface area (Å²) < 4.78 is 26.6. The fourth-order valence-corrected chi connectivity index (χ4v) is 3.12. The Bertz CT molecular complexity index is 635. The Kier molecular flexibility index (Phi) is 5.24. The Balaban J connectivity index is 2.36. The molecule has 0 saturated carbocycles. The molecule has 0 aliphatic carbocycles. The Hall–Kier alpha value is -1.40. The molecule has 1 heterocycles. The van der Waals surface area contributed by atoms with E-state index in [-0.39, 0.29) is 11.8 Å². The topological polar surface area (TPSA) is 48.9 Å². The van der Waals surface area contributed by atoms with Crippen molar-refractivity contribution in [2.24, 2.45) is 5.92 Å². The quantitative estimate of drug-likeness (QED) is 0.840. The summed E-state index contributed by atoms with van der Waals surface area (Å²) in [6, 6.07) is 3.38. The molecule has 1 aromatic carbocycles. The van der Waals surface area contributed by atoms with Gasteiger partial charge in [0.1, 0.15) is 28.6 Å². The zero-order valence-electron chi connectivity index (χ0n) is 13.0. The highest BCUT2D eigenvalue weighted by atomic mass is 32.2. The van der Waals surface area contributed by atoms with Crippen molar-refractivity contribution in [3.63, 3.8) is 0 Å². The van der Waals surface area contributed by atoms with Gasteiger partial charge in [-0.15, -0.1) is 0 Å². The van der Waals surface area contributed by atoms with Crippen LogP contribution < -0.4 is 0 Å². The van der Waals surface area contributed by atoms with E-state index in [2.05, 4.69) is 9.97 Å². The van der Waals surface area contributed by atoms with E-state index in [0.717, 1.165) is 11.8 Å². The summed E-state index contributed by atoms with van der Waals surface area (Å²) in [4.78, 5) is 8.00. The van der Waals surface area contributed by atoms with Gasteiger partial charge < -0.3 is 10.1 Å². The maximum atomic E-state index is 13.3. The minimum absolute atomic E-state index is 0.0237. The highest BCUT2D eigenvalue weighted by molar-refractivity contribution is 7.99. The molecule has 0 aliphatic rings. The Morgan fingerprint density at radius 1 is 1.09 bits per heavy atom. The summed E-state index contributed by atoms with van der Waals surface area (Å²) in [5.74, 6) is -0.576. The van der Waals surface area contributed by atoms with Crippen molar-refractivity contribution >= 4 is 11.8 Å². The lowest BCUT2D eigenvalue weighted by molar-refractivity contribution is 0.118.